The van der Waals surface area contributed by atoms with E-state index in [1.807, 2.05) is 0 Å². The summed E-state index contributed by atoms with van der Waals surface area (Å²) in [6.45, 7) is 0.192. The Labute approximate surface area is 118 Å². The maximum atomic E-state index is 12.5. The molecule has 2 aromatic rings. The summed E-state index contributed by atoms with van der Waals surface area (Å²) in [6.07, 6.45) is 3.95. The maximum absolute atomic E-state index is 12.5. The van der Waals surface area contributed by atoms with Crippen LogP contribution in [0.2, 0.25) is 0 Å². The number of carbonyl (C=O) groups is 3. The molecule has 4 rings (SSSR count). The van der Waals surface area contributed by atoms with Gasteiger partial charge in [0.2, 0.25) is 5.91 Å². The van der Waals surface area contributed by atoms with Gasteiger partial charge in [0.15, 0.2) is 5.65 Å². The van der Waals surface area contributed by atoms with Gasteiger partial charge in [0.05, 0.1) is 22.7 Å². The largest absolute Gasteiger partial charge is 0.352 e. The average molecular weight is 285 g/mol. The summed E-state index contributed by atoms with van der Waals surface area (Å²) in [6, 6.07) is -0.174. The van der Waals surface area contributed by atoms with Gasteiger partial charge in [-0.05, 0) is 6.42 Å². The molecule has 0 spiro atoms. The van der Waals surface area contributed by atoms with E-state index < -0.39 is 0 Å². The van der Waals surface area contributed by atoms with E-state index in [0.717, 1.165) is 0 Å². The van der Waals surface area contributed by atoms with Gasteiger partial charge < -0.3 is 5.32 Å². The Morgan fingerprint density at radius 3 is 2.86 bits per heavy atom. The Balaban J connectivity index is 1.71. The van der Waals surface area contributed by atoms with Gasteiger partial charge in [-0.25, -0.2) is 4.98 Å². The number of carbonyl (C=O) groups excluding carboxylic acids is 3. The third-order valence-electron chi connectivity index (χ3n) is 3.90. The van der Waals surface area contributed by atoms with E-state index in [9.17, 15) is 14.4 Å². The Hall–Kier alpha value is -2.77. The molecule has 2 aromatic heterocycles. The van der Waals surface area contributed by atoms with Crippen molar-refractivity contribution in [3.63, 3.8) is 0 Å². The van der Waals surface area contributed by atoms with Crippen molar-refractivity contribution in [3.8, 4) is 0 Å². The van der Waals surface area contributed by atoms with E-state index in [1.165, 1.54) is 17.3 Å². The Morgan fingerprint density at radius 2 is 2.10 bits per heavy atom. The molecule has 0 aliphatic carbocycles. The van der Waals surface area contributed by atoms with Crippen LogP contribution in [-0.4, -0.2) is 50.4 Å². The molecule has 2 aliphatic rings. The third kappa shape index (κ3) is 1.65. The number of pyridine rings is 1. The van der Waals surface area contributed by atoms with E-state index in [1.54, 1.807) is 0 Å². The van der Waals surface area contributed by atoms with Gasteiger partial charge in [0.25, 0.3) is 11.8 Å². The molecular weight excluding hydrogens is 274 g/mol. The fourth-order valence-electron chi connectivity index (χ4n) is 2.87. The first-order chi connectivity index (χ1) is 10.1. The highest BCUT2D eigenvalue weighted by atomic mass is 16.2. The number of aromatic amines is 1. The van der Waals surface area contributed by atoms with Crippen LogP contribution < -0.4 is 5.32 Å². The molecule has 0 radical (unpaired) electrons. The lowest BCUT2D eigenvalue weighted by atomic mass is 10.1. The van der Waals surface area contributed by atoms with Crippen LogP contribution in [0, 0.1) is 0 Å². The first-order valence-corrected chi connectivity index (χ1v) is 6.63. The van der Waals surface area contributed by atoms with Crippen LogP contribution in [0.4, 0.5) is 0 Å². The minimum absolute atomic E-state index is 0.0458. The minimum atomic E-state index is -0.369. The molecule has 21 heavy (non-hydrogen) atoms. The van der Waals surface area contributed by atoms with Crippen molar-refractivity contribution in [2.24, 2.45) is 0 Å². The van der Waals surface area contributed by atoms with Crippen LogP contribution in [0.25, 0.3) is 11.0 Å². The third-order valence-corrected chi connectivity index (χ3v) is 3.90. The zero-order chi connectivity index (χ0) is 14.6. The van der Waals surface area contributed by atoms with Crippen molar-refractivity contribution < 1.29 is 14.4 Å². The number of hydrogen-bond acceptors (Lipinski definition) is 5. The molecule has 2 aliphatic heterocycles. The molecule has 0 saturated carbocycles. The van der Waals surface area contributed by atoms with E-state index >= 15 is 0 Å². The molecule has 2 N–H and O–H groups in total. The normalized spacial score (nSPS) is 21.2. The predicted octanol–water partition coefficient (Wildman–Crippen LogP) is -0.168. The zero-order valence-electron chi connectivity index (χ0n) is 10.9. The summed E-state index contributed by atoms with van der Waals surface area (Å²) in [5.74, 6) is -0.771. The Bertz CT molecular complexity index is 796. The van der Waals surface area contributed by atoms with Gasteiger partial charge >= 0.3 is 0 Å². The van der Waals surface area contributed by atoms with E-state index in [4.69, 9.17) is 0 Å². The number of aromatic nitrogens is 3. The van der Waals surface area contributed by atoms with E-state index in [0.29, 0.717) is 35.0 Å². The topological polar surface area (TPSA) is 108 Å². The van der Waals surface area contributed by atoms with Crippen molar-refractivity contribution in [2.45, 2.75) is 18.9 Å². The highest BCUT2D eigenvalue weighted by molar-refractivity contribution is 6.25. The Morgan fingerprint density at radius 1 is 1.24 bits per heavy atom. The first-order valence-electron chi connectivity index (χ1n) is 6.63. The summed E-state index contributed by atoms with van der Waals surface area (Å²) < 4.78 is 0. The second-order valence-electron chi connectivity index (χ2n) is 5.20. The van der Waals surface area contributed by atoms with Gasteiger partial charge in [-0.3, -0.25) is 24.4 Å². The number of amides is 3. The fourth-order valence-corrected chi connectivity index (χ4v) is 2.87. The molecule has 1 atom stereocenters. The lowest BCUT2D eigenvalue weighted by Crippen LogP contribution is -2.41. The molecular formula is C13H11N5O3. The average Bonchev–Trinajstić information content (AvgIpc) is 3.14. The molecule has 0 unspecified atom stereocenters. The molecule has 8 heteroatoms. The maximum Gasteiger partial charge on any atom is 0.263 e. The fraction of sp³-hybridized carbons (Fsp3) is 0.308. The van der Waals surface area contributed by atoms with Crippen LogP contribution >= 0.6 is 0 Å². The van der Waals surface area contributed by atoms with Crippen LogP contribution in [0.5, 0.6) is 0 Å². The van der Waals surface area contributed by atoms with Crippen molar-refractivity contribution in [3.05, 3.63) is 23.5 Å². The summed E-state index contributed by atoms with van der Waals surface area (Å²) in [7, 11) is 0. The number of rotatable bonds is 2. The number of H-pyrrole nitrogens is 1. The smallest absolute Gasteiger partial charge is 0.263 e. The Kier molecular flexibility index (Phi) is 2.35. The molecule has 1 fully saturated rings. The van der Waals surface area contributed by atoms with Crippen LogP contribution in [-0.2, 0) is 4.79 Å². The first kappa shape index (κ1) is 12.0. The van der Waals surface area contributed by atoms with Gasteiger partial charge in [-0.2, -0.15) is 5.10 Å². The highest BCUT2D eigenvalue weighted by Crippen LogP contribution is 2.28. The molecule has 3 amide bonds. The molecule has 1 saturated heterocycles. The van der Waals surface area contributed by atoms with Crippen molar-refractivity contribution >= 4 is 28.8 Å². The van der Waals surface area contributed by atoms with Crippen LogP contribution in [0.1, 0.15) is 33.6 Å². The highest BCUT2D eigenvalue weighted by Gasteiger charge is 2.39. The summed E-state index contributed by atoms with van der Waals surface area (Å²) in [5, 5.41) is 9.84. The number of fused-ring (bicyclic) bond motifs is 3. The van der Waals surface area contributed by atoms with Crippen molar-refractivity contribution in [2.75, 3.05) is 6.54 Å². The quantitative estimate of drug-likeness (QED) is 0.745. The molecule has 8 nitrogen and oxygen atoms in total. The summed E-state index contributed by atoms with van der Waals surface area (Å²) >= 11 is 0. The number of hydrogen-bond donors (Lipinski definition) is 2. The van der Waals surface area contributed by atoms with Gasteiger partial charge in [-0.15, -0.1) is 0 Å². The second-order valence-corrected chi connectivity index (χ2v) is 5.20. The van der Waals surface area contributed by atoms with Crippen molar-refractivity contribution in [1.29, 1.82) is 0 Å². The molecule has 0 bridgehead atoms. The lowest BCUT2D eigenvalue weighted by Gasteiger charge is -2.18. The lowest BCUT2D eigenvalue weighted by molar-refractivity contribution is -0.119. The number of nitrogens with one attached hydrogen (secondary N) is 2. The number of imide groups is 1. The zero-order valence-corrected chi connectivity index (χ0v) is 10.9. The van der Waals surface area contributed by atoms with Crippen LogP contribution in [0.15, 0.2) is 12.4 Å². The monoisotopic (exact) mass is 285 g/mol. The van der Waals surface area contributed by atoms with Crippen molar-refractivity contribution in [1.82, 2.24) is 25.4 Å². The molecule has 0 aromatic carbocycles. The van der Waals surface area contributed by atoms with Gasteiger partial charge in [0, 0.05) is 25.2 Å². The van der Waals surface area contributed by atoms with Crippen LogP contribution in [0.3, 0.4) is 0 Å². The minimum Gasteiger partial charge on any atom is -0.352 e. The molecule has 4 heterocycles. The summed E-state index contributed by atoms with van der Waals surface area (Å²) in [5.41, 5.74) is 1.10. The van der Waals surface area contributed by atoms with Gasteiger partial charge in [0.1, 0.15) is 0 Å². The van der Waals surface area contributed by atoms with E-state index in [-0.39, 0.29) is 30.3 Å². The summed E-state index contributed by atoms with van der Waals surface area (Å²) in [4.78, 5) is 41.4. The SMILES string of the molecule is O=C1CC[C@H](CN2C(=O)c3cnc4[nH]ncc4c3C2=O)N1. The standard InChI is InChI=1S/C13H11N5O3/c19-9-2-1-6(16-9)5-18-12(20)8-3-14-11-7(4-15-17-11)10(8)13(18)21/h3-4,6H,1-2,5H2,(H,16,19)(H,14,15,17)/t6-/m1/s1. The second kappa shape index (κ2) is 4.11. The number of nitrogens with zero attached hydrogens (tertiary/aromatic N) is 3. The van der Waals surface area contributed by atoms with E-state index in [2.05, 4.69) is 20.5 Å². The molecule has 106 valence electrons. The predicted molar refractivity (Wildman–Crippen MR) is 70.4 cm³/mol. The van der Waals surface area contributed by atoms with Gasteiger partial charge in [-0.1, -0.05) is 0 Å².